The van der Waals surface area contributed by atoms with E-state index in [1.165, 1.54) is 7.11 Å². The summed E-state index contributed by atoms with van der Waals surface area (Å²) in [4.78, 5) is 11.1. The average Bonchev–Trinajstić information content (AvgIpc) is 2.79. The van der Waals surface area contributed by atoms with Crippen molar-refractivity contribution >= 4 is 5.97 Å². The second-order valence-electron chi connectivity index (χ2n) is 7.76. The van der Waals surface area contributed by atoms with E-state index in [0.717, 1.165) is 0 Å². The summed E-state index contributed by atoms with van der Waals surface area (Å²) in [5.74, 6) is -0.322. The van der Waals surface area contributed by atoms with E-state index in [1.54, 1.807) is 0 Å². The number of methoxy groups -OCH3 is 1. The second-order valence-corrected chi connectivity index (χ2v) is 7.76. The highest BCUT2D eigenvalue weighted by Gasteiger charge is 2.50. The van der Waals surface area contributed by atoms with Crippen molar-refractivity contribution in [1.82, 2.24) is 0 Å². The molecule has 2 fully saturated rings. The van der Waals surface area contributed by atoms with Gasteiger partial charge in [-0.2, -0.15) is 0 Å². The van der Waals surface area contributed by atoms with Gasteiger partial charge in [-0.1, -0.05) is 6.42 Å². The molecule has 10 atom stereocenters. The lowest BCUT2D eigenvalue weighted by atomic mass is 9.97. The van der Waals surface area contributed by atoms with Crippen LogP contribution in [-0.2, 0) is 28.5 Å². The second kappa shape index (κ2) is 13.1. The molecular formula is C19H34O13. The molecule has 0 unspecified atom stereocenters. The highest BCUT2D eigenvalue weighted by molar-refractivity contribution is 5.68. The Kier molecular flexibility index (Phi) is 11.1. The molecule has 13 nitrogen and oxygen atoms in total. The Labute approximate surface area is 185 Å². The van der Waals surface area contributed by atoms with Gasteiger partial charge in [-0.3, -0.25) is 4.79 Å². The Morgan fingerprint density at radius 3 is 1.97 bits per heavy atom. The summed E-state index contributed by atoms with van der Waals surface area (Å²) in [7, 11) is 1.30. The Morgan fingerprint density at radius 2 is 1.38 bits per heavy atom. The van der Waals surface area contributed by atoms with Crippen LogP contribution in [0.2, 0.25) is 0 Å². The predicted molar refractivity (Wildman–Crippen MR) is 103 cm³/mol. The fourth-order valence-electron chi connectivity index (χ4n) is 3.52. The van der Waals surface area contributed by atoms with Gasteiger partial charge in [0.2, 0.25) is 0 Å². The van der Waals surface area contributed by atoms with Crippen LogP contribution in [0.3, 0.4) is 0 Å². The fraction of sp³-hybridized carbons (Fsp3) is 0.947. The molecule has 2 heterocycles. The maximum Gasteiger partial charge on any atom is 0.305 e. The SMILES string of the molecule is COC(=O)CCCCCO[C@H]1O[C@H](CO)[C@@H](O)[C@H](O)[C@H]1O[C@H]1O[C@H](CO)[C@@H](O)[C@H](O)[C@H]1O. The largest absolute Gasteiger partial charge is 0.469 e. The molecule has 2 aliphatic rings. The molecule has 0 aromatic rings. The Balaban J connectivity index is 1.99. The zero-order chi connectivity index (χ0) is 23.8. The summed E-state index contributed by atoms with van der Waals surface area (Å²) in [6.45, 7) is -1.15. The monoisotopic (exact) mass is 470 g/mol. The molecule has 0 radical (unpaired) electrons. The summed E-state index contributed by atoms with van der Waals surface area (Å²) >= 11 is 0. The normalized spacial score (nSPS) is 40.2. The molecule has 0 aliphatic carbocycles. The minimum Gasteiger partial charge on any atom is -0.469 e. The number of hydrogen-bond donors (Lipinski definition) is 7. The van der Waals surface area contributed by atoms with Crippen LogP contribution in [-0.4, -0.2) is 130 Å². The minimum atomic E-state index is -1.73. The van der Waals surface area contributed by atoms with Crippen molar-refractivity contribution in [3.63, 3.8) is 0 Å². The van der Waals surface area contributed by atoms with Crippen LogP contribution in [0.25, 0.3) is 0 Å². The van der Waals surface area contributed by atoms with Crippen molar-refractivity contribution in [2.45, 2.75) is 87.1 Å². The zero-order valence-corrected chi connectivity index (χ0v) is 17.8. The fourth-order valence-corrected chi connectivity index (χ4v) is 3.52. The summed E-state index contributed by atoms with van der Waals surface area (Å²) in [5.41, 5.74) is 0. The van der Waals surface area contributed by atoms with E-state index in [9.17, 15) is 40.5 Å². The van der Waals surface area contributed by atoms with E-state index >= 15 is 0 Å². The molecule has 2 rings (SSSR count). The third kappa shape index (κ3) is 6.77. The van der Waals surface area contributed by atoms with Gasteiger partial charge in [0.1, 0.15) is 48.8 Å². The summed E-state index contributed by atoms with van der Waals surface area (Å²) in [6, 6.07) is 0. The lowest BCUT2D eigenvalue weighted by molar-refractivity contribution is -0.367. The van der Waals surface area contributed by atoms with Crippen molar-refractivity contribution in [1.29, 1.82) is 0 Å². The number of ether oxygens (including phenoxy) is 5. The van der Waals surface area contributed by atoms with Gasteiger partial charge in [0.25, 0.3) is 0 Å². The van der Waals surface area contributed by atoms with E-state index in [0.29, 0.717) is 19.3 Å². The molecule has 13 heteroatoms. The molecule has 188 valence electrons. The van der Waals surface area contributed by atoms with Crippen LogP contribution in [0.15, 0.2) is 0 Å². The maximum atomic E-state index is 11.1. The van der Waals surface area contributed by atoms with Crippen LogP contribution < -0.4 is 0 Å². The molecule has 0 aromatic carbocycles. The van der Waals surface area contributed by atoms with E-state index in [-0.39, 0.29) is 19.0 Å². The molecule has 0 amide bonds. The average molecular weight is 470 g/mol. The smallest absolute Gasteiger partial charge is 0.305 e. The van der Waals surface area contributed by atoms with Crippen molar-refractivity contribution in [3.05, 3.63) is 0 Å². The van der Waals surface area contributed by atoms with Crippen LogP contribution in [0.5, 0.6) is 0 Å². The van der Waals surface area contributed by atoms with Crippen molar-refractivity contribution < 1.29 is 64.2 Å². The van der Waals surface area contributed by atoms with Gasteiger partial charge < -0.3 is 59.4 Å². The first-order valence-corrected chi connectivity index (χ1v) is 10.5. The topological polar surface area (TPSA) is 205 Å². The van der Waals surface area contributed by atoms with Gasteiger partial charge in [-0.15, -0.1) is 0 Å². The number of hydrogen-bond acceptors (Lipinski definition) is 13. The third-order valence-corrected chi connectivity index (χ3v) is 5.50. The summed E-state index contributed by atoms with van der Waals surface area (Å²) < 4.78 is 26.5. The van der Waals surface area contributed by atoms with Crippen LogP contribution in [0.1, 0.15) is 25.7 Å². The third-order valence-electron chi connectivity index (χ3n) is 5.50. The quantitative estimate of drug-likeness (QED) is 0.115. The molecule has 0 bridgehead atoms. The molecule has 2 aliphatic heterocycles. The first-order valence-electron chi connectivity index (χ1n) is 10.5. The van der Waals surface area contributed by atoms with Gasteiger partial charge in [-0.05, 0) is 12.8 Å². The lowest BCUT2D eigenvalue weighted by Gasteiger charge is -2.45. The van der Waals surface area contributed by atoms with Gasteiger partial charge in [0.15, 0.2) is 12.6 Å². The van der Waals surface area contributed by atoms with Gasteiger partial charge in [0.05, 0.1) is 20.3 Å². The molecule has 32 heavy (non-hydrogen) atoms. The first-order chi connectivity index (χ1) is 15.2. The highest BCUT2D eigenvalue weighted by atomic mass is 16.8. The highest BCUT2D eigenvalue weighted by Crippen LogP contribution is 2.29. The van der Waals surface area contributed by atoms with Crippen LogP contribution >= 0.6 is 0 Å². The summed E-state index contributed by atoms with van der Waals surface area (Å²) in [6.07, 6.45) is -12.8. The maximum absolute atomic E-state index is 11.1. The van der Waals surface area contributed by atoms with Gasteiger partial charge in [0, 0.05) is 13.0 Å². The number of rotatable bonds is 11. The van der Waals surface area contributed by atoms with Gasteiger partial charge >= 0.3 is 5.97 Å². The van der Waals surface area contributed by atoms with E-state index < -0.39 is 74.6 Å². The van der Waals surface area contributed by atoms with Crippen LogP contribution in [0.4, 0.5) is 0 Å². The zero-order valence-electron chi connectivity index (χ0n) is 17.8. The molecule has 7 N–H and O–H groups in total. The van der Waals surface area contributed by atoms with Crippen molar-refractivity contribution in [2.75, 3.05) is 26.9 Å². The number of aliphatic hydroxyl groups excluding tert-OH is 7. The molecular weight excluding hydrogens is 436 g/mol. The van der Waals surface area contributed by atoms with Crippen molar-refractivity contribution in [2.24, 2.45) is 0 Å². The standard InChI is InChI=1S/C19H34O13/c1-28-11(22)5-3-2-4-6-29-19-17(15(26)13(24)10(8-21)31-19)32-18-16(27)14(25)12(23)9(7-20)30-18/h9-10,12-21,23-27H,2-8H2,1H3/t9-,10-,12-,13-,14+,15+,16-,17-,18-,19+/m1/s1. The Bertz CT molecular complexity index is 561. The number of esters is 1. The predicted octanol–water partition coefficient (Wildman–Crippen LogP) is -3.64. The van der Waals surface area contributed by atoms with Crippen LogP contribution in [0, 0.1) is 0 Å². The molecule has 0 spiro atoms. The number of carbonyl (C=O) groups excluding carboxylic acids is 1. The first kappa shape index (κ1) is 27.3. The Morgan fingerprint density at radius 1 is 0.781 bits per heavy atom. The lowest BCUT2D eigenvalue weighted by Crippen LogP contribution is -2.64. The Hall–Kier alpha value is -0.970. The summed E-state index contributed by atoms with van der Waals surface area (Å²) in [5, 5.41) is 69.4. The molecule has 2 saturated heterocycles. The molecule has 0 aromatic heterocycles. The number of unbranched alkanes of at least 4 members (excludes halogenated alkanes) is 2. The van der Waals surface area contributed by atoms with E-state index in [2.05, 4.69) is 4.74 Å². The van der Waals surface area contributed by atoms with Gasteiger partial charge in [-0.25, -0.2) is 0 Å². The molecule has 0 saturated carbocycles. The number of aliphatic hydroxyl groups is 7. The van der Waals surface area contributed by atoms with Crippen molar-refractivity contribution in [3.8, 4) is 0 Å². The number of carbonyl (C=O) groups is 1. The van der Waals surface area contributed by atoms with E-state index in [1.807, 2.05) is 0 Å². The van der Waals surface area contributed by atoms with E-state index in [4.69, 9.17) is 18.9 Å². The minimum absolute atomic E-state index is 0.126.